The monoisotopic (exact) mass is 341 g/mol. The van der Waals surface area contributed by atoms with E-state index in [1.54, 1.807) is 24.3 Å². The van der Waals surface area contributed by atoms with Crippen LogP contribution in [0.1, 0.15) is 29.2 Å². The van der Waals surface area contributed by atoms with Crippen molar-refractivity contribution in [1.29, 1.82) is 0 Å². The van der Waals surface area contributed by atoms with E-state index in [1.165, 1.54) is 6.92 Å². The molecule has 0 radical (unpaired) electrons. The Bertz CT molecular complexity index is 955. The van der Waals surface area contributed by atoms with Crippen LogP contribution in [0.15, 0.2) is 52.3 Å². The van der Waals surface area contributed by atoms with Crippen molar-refractivity contribution in [2.24, 2.45) is 0 Å². The number of hydrogen-bond donors (Lipinski definition) is 1. The lowest BCUT2D eigenvalue weighted by Crippen LogP contribution is -2.20. The average Bonchev–Trinajstić information content (AvgIpc) is 2.86. The number of hydrogen-bond acceptors (Lipinski definition) is 3. The van der Waals surface area contributed by atoms with Crippen molar-refractivity contribution in [3.8, 4) is 0 Å². The van der Waals surface area contributed by atoms with Gasteiger partial charge in [0, 0.05) is 18.9 Å². The van der Waals surface area contributed by atoms with Crippen LogP contribution in [0.3, 0.4) is 0 Å². The lowest BCUT2D eigenvalue weighted by Gasteiger charge is -2.11. The van der Waals surface area contributed by atoms with Gasteiger partial charge in [0.2, 0.25) is 15.7 Å². The van der Waals surface area contributed by atoms with Crippen LogP contribution in [0.2, 0.25) is 0 Å². The zero-order valence-corrected chi connectivity index (χ0v) is 14.7. The van der Waals surface area contributed by atoms with Gasteiger partial charge in [0.1, 0.15) is 0 Å². The topological polar surface area (TPSA) is 63.2 Å². The number of carbonyl (C=O) groups is 1. The molecule has 1 N–H and O–H groups in total. The van der Waals surface area contributed by atoms with E-state index >= 15 is 0 Å². The molecule has 0 saturated carbocycles. The van der Waals surface area contributed by atoms with E-state index in [9.17, 15) is 13.2 Å². The van der Waals surface area contributed by atoms with Crippen molar-refractivity contribution >= 4 is 21.4 Å². The summed E-state index contributed by atoms with van der Waals surface area (Å²) in [6, 6.07) is 12.6. The van der Waals surface area contributed by atoms with Crippen LogP contribution in [-0.4, -0.2) is 14.3 Å². The van der Waals surface area contributed by atoms with Crippen molar-refractivity contribution < 1.29 is 13.2 Å². The number of fused-ring (bicyclic) bond motifs is 1. The Morgan fingerprint density at radius 3 is 2.25 bits per heavy atom. The molecule has 124 valence electrons. The minimum atomic E-state index is -3.67. The molecule has 4 nitrogen and oxygen atoms in total. The normalized spacial score (nSPS) is 13.8. The van der Waals surface area contributed by atoms with Gasteiger partial charge in [-0.3, -0.25) is 4.79 Å². The van der Waals surface area contributed by atoms with Crippen LogP contribution in [0.25, 0.3) is 5.70 Å². The van der Waals surface area contributed by atoms with E-state index < -0.39 is 9.84 Å². The zero-order chi connectivity index (χ0) is 17.5. The summed E-state index contributed by atoms with van der Waals surface area (Å²) >= 11 is 0. The fraction of sp³-hybridized carbons (Fsp3) is 0.211. The smallest absolute Gasteiger partial charge is 0.221 e. The second kappa shape index (κ2) is 5.91. The second-order valence-corrected chi connectivity index (χ2v) is 8.10. The highest BCUT2D eigenvalue weighted by Crippen LogP contribution is 2.37. The molecule has 0 bridgehead atoms. The predicted octanol–water partition coefficient (Wildman–Crippen LogP) is 3.14. The summed E-state index contributed by atoms with van der Waals surface area (Å²) in [5.41, 5.74) is 4.12. The number of allylic oxidation sites excluding steroid dienone is 1. The maximum absolute atomic E-state index is 13.1. The van der Waals surface area contributed by atoms with Crippen molar-refractivity contribution in [2.75, 3.05) is 0 Å². The van der Waals surface area contributed by atoms with Crippen molar-refractivity contribution in [1.82, 2.24) is 5.32 Å². The lowest BCUT2D eigenvalue weighted by atomic mass is 10.1. The number of rotatable bonds is 3. The maximum atomic E-state index is 13.1. The van der Waals surface area contributed by atoms with Crippen LogP contribution in [-0.2, 0) is 21.1 Å². The summed E-state index contributed by atoms with van der Waals surface area (Å²) in [6.07, 6.45) is 0.293. The average molecular weight is 341 g/mol. The fourth-order valence-electron chi connectivity index (χ4n) is 2.89. The minimum Gasteiger partial charge on any atom is -0.325 e. The standard InChI is InChI=1S/C19H19NO3S/c1-12-5-8-16(9-6-12)24(22,23)18-11-15-7-4-13(2)10-17(15)19(18)20-14(3)21/h4-10H,11H2,1-3H3,(H,20,21). The molecule has 0 spiro atoms. The molecule has 0 aliphatic heterocycles. The molecule has 2 aromatic carbocycles. The van der Waals surface area contributed by atoms with Gasteiger partial charge < -0.3 is 5.32 Å². The number of amides is 1. The Labute approximate surface area is 142 Å². The third-order valence-electron chi connectivity index (χ3n) is 4.12. The molecule has 5 heteroatoms. The van der Waals surface area contributed by atoms with E-state index in [4.69, 9.17) is 0 Å². The lowest BCUT2D eigenvalue weighted by molar-refractivity contribution is -0.117. The molecule has 24 heavy (non-hydrogen) atoms. The molecule has 2 aromatic rings. The Morgan fingerprint density at radius 1 is 1.00 bits per heavy atom. The van der Waals surface area contributed by atoms with Gasteiger partial charge in [-0.05, 0) is 37.6 Å². The number of aryl methyl sites for hydroxylation is 2. The molecule has 1 aliphatic rings. The van der Waals surface area contributed by atoms with E-state index in [-0.39, 0.29) is 15.7 Å². The van der Waals surface area contributed by atoms with Crippen LogP contribution >= 0.6 is 0 Å². The Balaban J connectivity index is 2.18. The highest BCUT2D eigenvalue weighted by atomic mass is 32.2. The van der Waals surface area contributed by atoms with E-state index in [2.05, 4.69) is 5.32 Å². The highest BCUT2D eigenvalue weighted by Gasteiger charge is 2.32. The molecular formula is C19H19NO3S. The third-order valence-corrected chi connectivity index (χ3v) is 6.01. The minimum absolute atomic E-state index is 0.246. The fourth-order valence-corrected chi connectivity index (χ4v) is 4.45. The van der Waals surface area contributed by atoms with Gasteiger partial charge in [0.15, 0.2) is 0 Å². The Kier molecular flexibility index (Phi) is 4.05. The van der Waals surface area contributed by atoms with E-state index in [0.717, 1.165) is 22.3 Å². The SMILES string of the molecule is CC(=O)NC1=C(S(=O)(=O)c2ccc(C)cc2)Cc2ccc(C)cc21. The first-order valence-corrected chi connectivity index (χ1v) is 9.20. The predicted molar refractivity (Wildman–Crippen MR) is 94.0 cm³/mol. The first-order valence-electron chi connectivity index (χ1n) is 7.71. The highest BCUT2D eigenvalue weighted by molar-refractivity contribution is 7.95. The summed E-state index contributed by atoms with van der Waals surface area (Å²) < 4.78 is 26.2. The van der Waals surface area contributed by atoms with Gasteiger partial charge in [0.05, 0.1) is 15.5 Å². The van der Waals surface area contributed by atoms with Gasteiger partial charge in [0.25, 0.3) is 0 Å². The summed E-state index contributed by atoms with van der Waals surface area (Å²) in [4.78, 5) is 12.1. The van der Waals surface area contributed by atoms with Crippen molar-refractivity contribution in [3.63, 3.8) is 0 Å². The summed E-state index contributed by atoms with van der Waals surface area (Å²) in [5.74, 6) is -0.282. The molecule has 0 atom stereocenters. The molecule has 1 amide bonds. The van der Waals surface area contributed by atoms with Gasteiger partial charge in [-0.15, -0.1) is 0 Å². The van der Waals surface area contributed by atoms with Crippen LogP contribution in [0.4, 0.5) is 0 Å². The van der Waals surface area contributed by atoms with Crippen LogP contribution in [0, 0.1) is 13.8 Å². The quantitative estimate of drug-likeness (QED) is 0.933. The van der Waals surface area contributed by atoms with Crippen LogP contribution in [0.5, 0.6) is 0 Å². The zero-order valence-electron chi connectivity index (χ0n) is 13.9. The molecule has 0 saturated heterocycles. The van der Waals surface area contributed by atoms with Gasteiger partial charge in [-0.2, -0.15) is 0 Å². The second-order valence-electron chi connectivity index (χ2n) is 6.13. The van der Waals surface area contributed by atoms with Crippen molar-refractivity contribution in [2.45, 2.75) is 32.1 Å². The first-order chi connectivity index (χ1) is 11.3. The number of sulfone groups is 1. The molecular weight excluding hydrogens is 322 g/mol. The Morgan fingerprint density at radius 2 is 1.62 bits per heavy atom. The van der Waals surface area contributed by atoms with Gasteiger partial charge in [-0.25, -0.2) is 8.42 Å². The van der Waals surface area contributed by atoms with E-state index in [0.29, 0.717) is 12.1 Å². The first kappa shape index (κ1) is 16.5. The summed E-state index contributed by atoms with van der Waals surface area (Å²) in [6.45, 7) is 5.24. The molecule has 0 heterocycles. The van der Waals surface area contributed by atoms with Crippen molar-refractivity contribution in [3.05, 3.63) is 69.6 Å². The third kappa shape index (κ3) is 2.87. The molecule has 0 fully saturated rings. The molecule has 0 unspecified atom stereocenters. The van der Waals surface area contributed by atoms with E-state index in [1.807, 2.05) is 32.0 Å². The van der Waals surface area contributed by atoms with Crippen LogP contribution < -0.4 is 5.32 Å². The summed E-state index contributed by atoms with van der Waals surface area (Å²) in [5, 5.41) is 2.72. The number of carbonyl (C=O) groups excluding carboxylic acids is 1. The number of nitrogens with one attached hydrogen (secondary N) is 1. The largest absolute Gasteiger partial charge is 0.325 e. The summed E-state index contributed by atoms with van der Waals surface area (Å²) in [7, 11) is -3.67. The maximum Gasteiger partial charge on any atom is 0.221 e. The van der Waals surface area contributed by atoms with Gasteiger partial charge in [-0.1, -0.05) is 35.4 Å². The molecule has 3 rings (SSSR count). The Hall–Kier alpha value is -2.40. The molecule has 0 aromatic heterocycles. The van der Waals surface area contributed by atoms with Gasteiger partial charge >= 0.3 is 0 Å². The molecule has 1 aliphatic carbocycles. The number of benzene rings is 2.